The maximum atomic E-state index is 13.7. The van der Waals surface area contributed by atoms with Gasteiger partial charge in [-0.05, 0) is 50.4 Å². The number of nitrogens with zero attached hydrogens (tertiary/aromatic N) is 3. The zero-order valence-corrected chi connectivity index (χ0v) is 12.7. The molecule has 4 nitrogen and oxygen atoms in total. The van der Waals surface area contributed by atoms with Crippen molar-refractivity contribution in [2.24, 2.45) is 0 Å². The van der Waals surface area contributed by atoms with Crippen LogP contribution in [0.15, 0.2) is 26.3 Å². The van der Waals surface area contributed by atoms with E-state index >= 15 is 0 Å². The predicted molar refractivity (Wildman–Crippen MR) is 74.0 cm³/mol. The van der Waals surface area contributed by atoms with Gasteiger partial charge in [0.2, 0.25) is 0 Å². The van der Waals surface area contributed by atoms with E-state index < -0.39 is 5.82 Å². The van der Waals surface area contributed by atoms with Crippen LogP contribution in [0.25, 0.3) is 0 Å². The van der Waals surface area contributed by atoms with Crippen molar-refractivity contribution in [2.45, 2.75) is 6.92 Å². The average molecular weight is 384 g/mol. The van der Waals surface area contributed by atoms with E-state index in [1.807, 2.05) is 0 Å². The summed E-state index contributed by atoms with van der Waals surface area (Å²) in [5.41, 5.74) is 0.344. The molecule has 0 radical (unpaired) electrons. The summed E-state index contributed by atoms with van der Waals surface area (Å²) in [5.74, 6) is -0.541. The molecule has 94 valence electrons. The summed E-state index contributed by atoms with van der Waals surface area (Å²) < 4.78 is 14.1. The minimum Gasteiger partial charge on any atom is -0.344 e. The van der Waals surface area contributed by atoms with E-state index in [2.05, 4.69) is 37.2 Å². The Kier molecular flexibility index (Phi) is 5.06. The second-order valence-electron chi connectivity index (χ2n) is 3.39. The second-order valence-corrected chi connectivity index (χ2v) is 5.04. The van der Waals surface area contributed by atoms with Crippen LogP contribution in [0.4, 0.5) is 10.1 Å². The van der Waals surface area contributed by atoms with E-state index in [9.17, 15) is 4.39 Å². The van der Waals surface area contributed by atoms with Gasteiger partial charge in [0.15, 0.2) is 11.4 Å². The number of nitriles is 3. The molecule has 0 unspecified atom stereocenters. The van der Waals surface area contributed by atoms with Gasteiger partial charge in [-0.3, -0.25) is 0 Å². The normalized spacial score (nSPS) is 8.89. The third-order valence-electron chi connectivity index (χ3n) is 2.19. The Morgan fingerprint density at radius 3 is 2.26 bits per heavy atom. The highest BCUT2D eigenvalue weighted by Gasteiger charge is 2.15. The average Bonchev–Trinajstić information content (AvgIpc) is 2.40. The van der Waals surface area contributed by atoms with Gasteiger partial charge in [-0.25, -0.2) is 4.39 Å². The molecule has 0 aromatic heterocycles. The quantitative estimate of drug-likeness (QED) is 0.620. The van der Waals surface area contributed by atoms with Crippen molar-refractivity contribution in [3.63, 3.8) is 0 Å². The van der Waals surface area contributed by atoms with Crippen molar-refractivity contribution in [1.29, 1.82) is 15.8 Å². The highest BCUT2D eigenvalue weighted by molar-refractivity contribution is 9.11. The molecule has 0 amide bonds. The Balaban J connectivity index is 3.41. The lowest BCUT2D eigenvalue weighted by molar-refractivity contribution is 0.614. The number of halogens is 3. The number of allylic oxidation sites excluding steroid dienone is 2. The highest BCUT2D eigenvalue weighted by atomic mass is 79.9. The van der Waals surface area contributed by atoms with Gasteiger partial charge in [0.1, 0.15) is 23.9 Å². The molecule has 1 rings (SSSR count). The summed E-state index contributed by atoms with van der Waals surface area (Å²) in [5, 5.41) is 29.0. The number of hydrogen-bond donors (Lipinski definition) is 1. The zero-order chi connectivity index (χ0) is 14.6. The molecule has 0 fully saturated rings. The van der Waals surface area contributed by atoms with Crippen LogP contribution in [-0.4, -0.2) is 0 Å². The van der Waals surface area contributed by atoms with Crippen LogP contribution in [0, 0.1) is 46.7 Å². The Hall–Kier alpha value is -1.88. The van der Waals surface area contributed by atoms with Crippen LogP contribution in [-0.2, 0) is 0 Å². The monoisotopic (exact) mass is 382 g/mol. The number of rotatable bonds is 2. The lowest BCUT2D eigenvalue weighted by Crippen LogP contribution is -2.04. The number of hydrogen-bond acceptors (Lipinski definition) is 4. The van der Waals surface area contributed by atoms with Crippen LogP contribution in [0.3, 0.4) is 0 Å². The minimum atomic E-state index is -0.541. The first-order valence-corrected chi connectivity index (χ1v) is 6.40. The molecule has 0 heterocycles. The second kappa shape index (κ2) is 6.33. The molecule has 0 aliphatic carbocycles. The van der Waals surface area contributed by atoms with Crippen molar-refractivity contribution in [2.75, 3.05) is 5.32 Å². The predicted octanol–water partition coefficient (Wildman–Crippen LogP) is 3.90. The van der Waals surface area contributed by atoms with E-state index in [4.69, 9.17) is 15.8 Å². The smallest absolute Gasteiger partial charge is 0.163 e. The molecule has 0 aliphatic rings. The molecule has 1 aromatic rings. The first kappa shape index (κ1) is 15.2. The van der Waals surface area contributed by atoms with Crippen LogP contribution >= 0.6 is 31.9 Å². The van der Waals surface area contributed by atoms with Crippen molar-refractivity contribution in [3.8, 4) is 18.2 Å². The molecule has 7 heteroatoms. The summed E-state index contributed by atoms with van der Waals surface area (Å²) in [7, 11) is 0. The third kappa shape index (κ3) is 3.12. The number of aryl methyl sites for hydroxylation is 1. The van der Waals surface area contributed by atoms with Gasteiger partial charge in [0.25, 0.3) is 0 Å². The van der Waals surface area contributed by atoms with Gasteiger partial charge in [0, 0.05) is 0 Å². The number of benzene rings is 1. The lowest BCUT2D eigenvalue weighted by Gasteiger charge is -2.12. The van der Waals surface area contributed by atoms with Crippen molar-refractivity contribution in [1.82, 2.24) is 0 Å². The fourth-order valence-electron chi connectivity index (χ4n) is 1.27. The lowest BCUT2D eigenvalue weighted by atomic mass is 10.1. The SMILES string of the molecule is Cc1cc(Br)c(F)c(Br)c1NC(C#N)=C(C#N)C#N. The summed E-state index contributed by atoms with van der Waals surface area (Å²) in [6, 6.07) is 6.44. The van der Waals surface area contributed by atoms with E-state index in [0.717, 1.165) is 0 Å². The Labute approximate surface area is 126 Å². The summed E-state index contributed by atoms with van der Waals surface area (Å²) in [6.45, 7) is 1.70. The standard InChI is InChI=1S/C12H5Br2FN4/c1-6-2-8(13)11(15)10(14)12(6)19-9(5-18)7(3-16)4-17/h2,19H,1H3. The summed E-state index contributed by atoms with van der Waals surface area (Å²) in [6.07, 6.45) is 0. The number of anilines is 1. The molecule has 0 spiro atoms. The van der Waals surface area contributed by atoms with Gasteiger partial charge in [0.05, 0.1) is 14.6 Å². The molecule has 1 aromatic carbocycles. The fourth-order valence-corrected chi connectivity index (χ4v) is 2.71. The molecule has 0 saturated heterocycles. The molecule has 0 saturated carbocycles. The first-order valence-electron chi connectivity index (χ1n) is 4.82. The number of nitrogens with one attached hydrogen (secondary N) is 1. The van der Waals surface area contributed by atoms with Crippen LogP contribution in [0.5, 0.6) is 0 Å². The van der Waals surface area contributed by atoms with E-state index in [0.29, 0.717) is 11.3 Å². The van der Waals surface area contributed by atoms with Crippen LogP contribution in [0.2, 0.25) is 0 Å². The van der Waals surface area contributed by atoms with Crippen molar-refractivity contribution < 1.29 is 4.39 Å². The van der Waals surface area contributed by atoms with E-state index in [-0.39, 0.29) is 20.2 Å². The molecular formula is C12H5Br2FN4. The van der Waals surface area contributed by atoms with Gasteiger partial charge < -0.3 is 5.32 Å². The Bertz CT molecular complexity index is 674. The van der Waals surface area contributed by atoms with Crippen LogP contribution in [0.1, 0.15) is 5.56 Å². The molecular weight excluding hydrogens is 379 g/mol. The fraction of sp³-hybridized carbons (Fsp3) is 0.0833. The maximum Gasteiger partial charge on any atom is 0.163 e. The molecule has 0 atom stereocenters. The van der Waals surface area contributed by atoms with Crippen molar-refractivity contribution >= 4 is 37.5 Å². The largest absolute Gasteiger partial charge is 0.344 e. The van der Waals surface area contributed by atoms with Gasteiger partial charge in [-0.15, -0.1) is 0 Å². The summed E-state index contributed by atoms with van der Waals surface area (Å²) >= 11 is 6.12. The third-order valence-corrected chi connectivity index (χ3v) is 3.52. The minimum absolute atomic E-state index is 0.113. The molecule has 1 N–H and O–H groups in total. The maximum absolute atomic E-state index is 13.7. The topological polar surface area (TPSA) is 83.4 Å². The van der Waals surface area contributed by atoms with E-state index in [1.54, 1.807) is 25.1 Å². The van der Waals surface area contributed by atoms with Gasteiger partial charge in [-0.2, -0.15) is 15.8 Å². The van der Waals surface area contributed by atoms with Crippen LogP contribution < -0.4 is 5.32 Å². The zero-order valence-electron chi connectivity index (χ0n) is 9.55. The molecule has 0 aliphatic heterocycles. The Morgan fingerprint density at radius 1 is 1.21 bits per heavy atom. The highest BCUT2D eigenvalue weighted by Crippen LogP contribution is 2.34. The molecule has 19 heavy (non-hydrogen) atoms. The van der Waals surface area contributed by atoms with E-state index in [1.165, 1.54) is 6.07 Å². The first-order chi connectivity index (χ1) is 8.96. The summed E-state index contributed by atoms with van der Waals surface area (Å²) in [4.78, 5) is 0. The van der Waals surface area contributed by atoms with Gasteiger partial charge >= 0.3 is 0 Å². The van der Waals surface area contributed by atoms with Crippen molar-refractivity contribution in [3.05, 3.63) is 37.7 Å². The Morgan fingerprint density at radius 2 is 1.79 bits per heavy atom. The molecule has 0 bridgehead atoms. The van der Waals surface area contributed by atoms with Gasteiger partial charge in [-0.1, -0.05) is 0 Å².